The van der Waals surface area contributed by atoms with Gasteiger partial charge < -0.3 is 10.4 Å². The lowest BCUT2D eigenvalue weighted by Gasteiger charge is -2.72. The van der Waals surface area contributed by atoms with Crippen LogP contribution in [0.3, 0.4) is 0 Å². The lowest BCUT2D eigenvalue weighted by atomic mass is 9.33. The molecule has 7 rings (SSSR count). The lowest BCUT2D eigenvalue weighted by Crippen LogP contribution is -2.68. The number of likely N-dealkylation sites (tertiary alicyclic amines) is 1. The second kappa shape index (κ2) is 12.1. The molecule has 0 aromatic heterocycles. The van der Waals surface area contributed by atoms with Crippen molar-refractivity contribution in [3.8, 4) is 0 Å². The highest BCUT2D eigenvalue weighted by Crippen LogP contribution is 2.76. The van der Waals surface area contributed by atoms with Gasteiger partial charge in [-0.25, -0.2) is 4.79 Å². The summed E-state index contributed by atoms with van der Waals surface area (Å²) in [4.78, 5) is 27.9. The monoisotopic (exact) mass is 668 g/mol. The number of carbonyl (C=O) groups is 2. The van der Waals surface area contributed by atoms with Gasteiger partial charge in [-0.1, -0.05) is 71.4 Å². The number of allylic oxidation sites excluding steroid dienone is 3. The molecule has 5 nitrogen and oxygen atoms in total. The molecule has 5 fully saturated rings. The van der Waals surface area contributed by atoms with Gasteiger partial charge in [-0.15, -0.1) is 0 Å². The second-order valence-corrected chi connectivity index (χ2v) is 19.1. The highest BCUT2D eigenvalue weighted by Gasteiger charge is 2.70. The van der Waals surface area contributed by atoms with Gasteiger partial charge in [0.1, 0.15) is 0 Å². The molecule has 0 spiro atoms. The molecule has 1 amide bonds. The van der Waals surface area contributed by atoms with Gasteiger partial charge in [-0.3, -0.25) is 9.69 Å². The van der Waals surface area contributed by atoms with Crippen molar-refractivity contribution in [2.75, 3.05) is 13.1 Å². The van der Waals surface area contributed by atoms with E-state index in [4.69, 9.17) is 0 Å². The summed E-state index contributed by atoms with van der Waals surface area (Å²) < 4.78 is 0. The fourth-order valence-corrected chi connectivity index (χ4v) is 14.2. The minimum Gasteiger partial charge on any atom is -0.478 e. The van der Waals surface area contributed by atoms with Crippen LogP contribution in [-0.2, 0) is 4.79 Å². The second-order valence-electron chi connectivity index (χ2n) is 19.1. The molecule has 6 aliphatic rings. The van der Waals surface area contributed by atoms with Gasteiger partial charge in [0.15, 0.2) is 0 Å². The third kappa shape index (κ3) is 5.24. The number of nitrogens with one attached hydrogen (secondary N) is 1. The molecule has 5 aliphatic carbocycles. The Hall–Kier alpha value is -2.40. The molecule has 4 saturated carbocycles. The van der Waals surface area contributed by atoms with E-state index in [1.165, 1.54) is 68.1 Å². The predicted molar refractivity (Wildman–Crippen MR) is 199 cm³/mol. The zero-order valence-electron chi connectivity index (χ0n) is 31.7. The van der Waals surface area contributed by atoms with Crippen LogP contribution in [0, 0.1) is 51.2 Å². The van der Waals surface area contributed by atoms with E-state index in [0.29, 0.717) is 47.7 Å². The maximum atomic E-state index is 13.9. The van der Waals surface area contributed by atoms with Gasteiger partial charge in [0, 0.05) is 11.6 Å². The Kier molecular flexibility index (Phi) is 8.64. The van der Waals surface area contributed by atoms with Gasteiger partial charge in [0.25, 0.3) is 0 Å². The first-order valence-corrected chi connectivity index (χ1v) is 19.8. The van der Waals surface area contributed by atoms with Crippen molar-refractivity contribution in [1.82, 2.24) is 10.2 Å². The van der Waals surface area contributed by atoms with E-state index in [2.05, 4.69) is 71.3 Å². The van der Waals surface area contributed by atoms with Crippen molar-refractivity contribution in [2.45, 2.75) is 137 Å². The largest absolute Gasteiger partial charge is 0.478 e. The van der Waals surface area contributed by atoms with E-state index in [9.17, 15) is 14.7 Å². The van der Waals surface area contributed by atoms with Crippen molar-refractivity contribution < 1.29 is 14.7 Å². The lowest BCUT2D eigenvalue weighted by molar-refractivity contribution is -0.219. The summed E-state index contributed by atoms with van der Waals surface area (Å²) in [5, 5.41) is 13.3. The van der Waals surface area contributed by atoms with Crippen LogP contribution in [0.15, 0.2) is 42.5 Å². The zero-order chi connectivity index (χ0) is 35.1. The van der Waals surface area contributed by atoms with Gasteiger partial charge in [0.2, 0.25) is 5.91 Å². The number of aromatic carboxylic acids is 1. The fourth-order valence-electron chi connectivity index (χ4n) is 14.2. The van der Waals surface area contributed by atoms with E-state index in [1.807, 2.05) is 12.1 Å². The number of benzene rings is 1. The number of fused-ring (bicyclic) bond motifs is 7. The number of carboxylic acids is 1. The maximum absolute atomic E-state index is 13.9. The van der Waals surface area contributed by atoms with Crippen molar-refractivity contribution in [3.05, 3.63) is 53.6 Å². The molecule has 2 N–H and O–H groups in total. The standard InChI is InChI=1S/C44H64N2O3/c1-28(2)32-18-23-44(45-37(47)27-46-26-10-9-11-29(46)3)25-24-42(7)34(38(32)44)16-17-36-41(6)21-19-33(30-12-14-31(15-13-30)39(48)49)40(4,5)35(41)20-22-43(36,42)8/h12-15,19,29,32,34-36,38H,1,9-11,16-18,20-27H2,2-8H3,(H,45,47)(H,48,49). The average molecular weight is 669 g/mol. The van der Waals surface area contributed by atoms with E-state index < -0.39 is 5.97 Å². The third-order valence-electron chi connectivity index (χ3n) is 16.8. The average Bonchev–Trinajstić information content (AvgIpc) is 3.42. The minimum atomic E-state index is -0.867. The number of carboxylic acid groups (broad SMARTS) is 1. The van der Waals surface area contributed by atoms with E-state index >= 15 is 0 Å². The first-order chi connectivity index (χ1) is 23.1. The molecule has 5 heteroatoms. The van der Waals surface area contributed by atoms with Crippen LogP contribution in [0.25, 0.3) is 5.57 Å². The predicted octanol–water partition coefficient (Wildman–Crippen LogP) is 9.78. The number of amides is 1. The molecule has 1 heterocycles. The summed E-state index contributed by atoms with van der Waals surface area (Å²) in [5.74, 6) is 2.16. The van der Waals surface area contributed by atoms with Crippen LogP contribution in [0.1, 0.15) is 141 Å². The Morgan fingerprint density at radius 3 is 2.31 bits per heavy atom. The molecule has 1 saturated heterocycles. The van der Waals surface area contributed by atoms with Crippen LogP contribution >= 0.6 is 0 Å². The zero-order valence-corrected chi connectivity index (χ0v) is 31.7. The minimum absolute atomic E-state index is 0.00514. The van der Waals surface area contributed by atoms with Gasteiger partial charge >= 0.3 is 5.97 Å². The molecule has 268 valence electrons. The maximum Gasteiger partial charge on any atom is 0.335 e. The Morgan fingerprint density at radius 2 is 1.63 bits per heavy atom. The Labute approximate surface area is 296 Å². The van der Waals surface area contributed by atoms with Crippen LogP contribution in [0.5, 0.6) is 0 Å². The smallest absolute Gasteiger partial charge is 0.335 e. The summed E-state index contributed by atoms with van der Waals surface area (Å²) in [6.07, 6.45) is 16.9. The molecule has 10 unspecified atom stereocenters. The Balaban J connectivity index is 1.18. The van der Waals surface area contributed by atoms with Crippen molar-refractivity contribution in [1.29, 1.82) is 0 Å². The molecule has 0 bridgehead atoms. The van der Waals surface area contributed by atoms with Crippen molar-refractivity contribution >= 4 is 17.4 Å². The van der Waals surface area contributed by atoms with Gasteiger partial charge in [-0.2, -0.15) is 0 Å². The van der Waals surface area contributed by atoms with Crippen molar-refractivity contribution in [2.24, 2.45) is 51.2 Å². The fraction of sp³-hybridized carbons (Fsp3) is 0.727. The molecule has 1 aromatic rings. The van der Waals surface area contributed by atoms with E-state index in [0.717, 1.165) is 32.2 Å². The molecular formula is C44H64N2O3. The molecular weight excluding hydrogens is 604 g/mol. The quantitative estimate of drug-likeness (QED) is 0.296. The van der Waals surface area contributed by atoms with Gasteiger partial charge in [-0.05, 0) is 166 Å². The third-order valence-corrected chi connectivity index (χ3v) is 16.8. The number of hydrogen-bond acceptors (Lipinski definition) is 3. The molecule has 0 radical (unpaired) electrons. The first-order valence-electron chi connectivity index (χ1n) is 19.8. The SMILES string of the molecule is C=C(C)C1CCC2(NC(=O)CN3CCCCC3C)CCC3(C)C(CCC4C5(C)CC=C(c6ccc(C(=O)O)cc6)C(C)(C)C5CCC43C)C12. The summed E-state index contributed by atoms with van der Waals surface area (Å²) in [5.41, 5.74) is 4.82. The molecule has 49 heavy (non-hydrogen) atoms. The Morgan fingerprint density at radius 1 is 0.898 bits per heavy atom. The number of carbonyl (C=O) groups excluding carboxylic acids is 1. The summed E-state index contributed by atoms with van der Waals surface area (Å²) >= 11 is 0. The highest BCUT2D eigenvalue weighted by molar-refractivity contribution is 5.88. The summed E-state index contributed by atoms with van der Waals surface area (Å²) in [6, 6.07) is 8.08. The Bertz CT molecular complexity index is 1530. The normalized spacial score (nSPS) is 42.9. The number of nitrogens with zero attached hydrogens (tertiary/aromatic N) is 1. The summed E-state index contributed by atoms with van der Waals surface area (Å²) in [6.45, 7) is 23.6. The topological polar surface area (TPSA) is 69.6 Å². The summed E-state index contributed by atoms with van der Waals surface area (Å²) in [7, 11) is 0. The van der Waals surface area contributed by atoms with E-state index in [1.54, 1.807) is 12.1 Å². The van der Waals surface area contributed by atoms with E-state index in [-0.39, 0.29) is 33.1 Å². The van der Waals surface area contributed by atoms with Crippen molar-refractivity contribution in [3.63, 3.8) is 0 Å². The van der Waals surface area contributed by atoms with Crippen LogP contribution < -0.4 is 5.32 Å². The highest BCUT2D eigenvalue weighted by atomic mass is 16.4. The first kappa shape index (κ1) is 35.0. The number of piperidine rings is 1. The number of rotatable bonds is 6. The van der Waals surface area contributed by atoms with Crippen LogP contribution in [0.4, 0.5) is 0 Å². The molecule has 10 atom stereocenters. The van der Waals surface area contributed by atoms with Gasteiger partial charge in [0.05, 0.1) is 12.1 Å². The molecule has 1 aromatic carbocycles. The van der Waals surface area contributed by atoms with Crippen LogP contribution in [-0.4, -0.2) is 46.6 Å². The van der Waals surface area contributed by atoms with Crippen LogP contribution in [0.2, 0.25) is 0 Å². The number of hydrogen-bond donors (Lipinski definition) is 2. The molecule has 1 aliphatic heterocycles.